The number of carboxylic acid groups (broad SMARTS) is 1. The van der Waals surface area contributed by atoms with Crippen LogP contribution in [0.5, 0.6) is 0 Å². The Balaban J connectivity index is 2.08. The highest BCUT2D eigenvalue weighted by atomic mass is 32.2. The molecule has 0 aliphatic rings. The van der Waals surface area contributed by atoms with E-state index in [1.165, 1.54) is 24.0 Å². The largest absolute Gasteiger partial charge is 0.478 e. The fourth-order valence-corrected chi connectivity index (χ4v) is 2.48. The number of aromatic nitrogens is 3. The third kappa shape index (κ3) is 2.89. The van der Waals surface area contributed by atoms with Gasteiger partial charge in [0.1, 0.15) is 0 Å². The molecule has 2 aromatic rings. The molecule has 18 heavy (non-hydrogen) atoms. The van der Waals surface area contributed by atoms with Gasteiger partial charge >= 0.3 is 5.97 Å². The highest BCUT2D eigenvalue weighted by molar-refractivity contribution is 7.98. The first-order valence-corrected chi connectivity index (χ1v) is 6.36. The maximum Gasteiger partial charge on any atom is 0.335 e. The second-order valence-corrected chi connectivity index (χ2v) is 4.87. The van der Waals surface area contributed by atoms with Crippen molar-refractivity contribution in [2.45, 2.75) is 17.7 Å². The number of carboxylic acids is 1. The summed E-state index contributed by atoms with van der Waals surface area (Å²) in [6.45, 7) is 1.94. The molecule has 0 amide bonds. The van der Waals surface area contributed by atoms with Gasteiger partial charge in [-0.2, -0.15) is 5.10 Å². The highest BCUT2D eigenvalue weighted by Gasteiger charge is 2.07. The molecule has 0 saturated heterocycles. The molecule has 0 aliphatic heterocycles. The molecule has 0 saturated carbocycles. The summed E-state index contributed by atoms with van der Waals surface area (Å²) in [5.74, 6) is -0.219. The molecule has 0 fully saturated rings. The van der Waals surface area contributed by atoms with E-state index >= 15 is 0 Å². The molecule has 5 nitrogen and oxygen atoms in total. The van der Waals surface area contributed by atoms with Crippen molar-refractivity contribution in [2.75, 3.05) is 0 Å². The van der Waals surface area contributed by atoms with Gasteiger partial charge in [-0.05, 0) is 25.1 Å². The lowest BCUT2D eigenvalue weighted by Crippen LogP contribution is -1.98. The predicted octanol–water partition coefficient (Wildman–Crippen LogP) is 2.11. The van der Waals surface area contributed by atoms with E-state index in [1.54, 1.807) is 6.07 Å². The predicted molar refractivity (Wildman–Crippen MR) is 68.7 cm³/mol. The number of pyridine rings is 1. The zero-order valence-electron chi connectivity index (χ0n) is 10.1. The molecule has 0 unspecified atom stereocenters. The number of thioether (sulfide) groups is 1. The summed E-state index contributed by atoms with van der Waals surface area (Å²) in [5, 5.41) is 13.9. The first kappa shape index (κ1) is 12.6. The summed E-state index contributed by atoms with van der Waals surface area (Å²) in [4.78, 5) is 15.0. The topological polar surface area (TPSA) is 68.0 Å². The standard InChI is InChI=1S/C12H13N3O2S/c1-8-5-10(15(2)14-8)7-18-11-6-9(12(16)17)3-4-13-11/h3-6H,7H2,1-2H3,(H,16,17). The zero-order chi connectivity index (χ0) is 13.1. The third-order valence-corrected chi connectivity index (χ3v) is 3.41. The molecule has 0 aliphatic carbocycles. The van der Waals surface area contributed by atoms with Crippen LogP contribution in [-0.2, 0) is 12.8 Å². The molecular formula is C12H13N3O2S. The van der Waals surface area contributed by atoms with Gasteiger partial charge < -0.3 is 5.11 Å². The number of carbonyl (C=O) groups is 1. The van der Waals surface area contributed by atoms with Crippen LogP contribution in [0.15, 0.2) is 29.4 Å². The van der Waals surface area contributed by atoms with Gasteiger partial charge in [0.05, 0.1) is 16.3 Å². The van der Waals surface area contributed by atoms with Crippen molar-refractivity contribution in [3.05, 3.63) is 41.3 Å². The molecule has 2 heterocycles. The summed E-state index contributed by atoms with van der Waals surface area (Å²) >= 11 is 1.50. The summed E-state index contributed by atoms with van der Waals surface area (Å²) in [6.07, 6.45) is 1.51. The van der Waals surface area contributed by atoms with Gasteiger partial charge in [-0.15, -0.1) is 11.8 Å². The van der Waals surface area contributed by atoms with Crippen molar-refractivity contribution in [2.24, 2.45) is 7.05 Å². The SMILES string of the molecule is Cc1cc(CSc2cc(C(=O)O)ccn2)n(C)n1. The fraction of sp³-hybridized carbons (Fsp3) is 0.250. The maximum absolute atomic E-state index is 10.8. The van der Waals surface area contributed by atoms with E-state index in [1.807, 2.05) is 24.7 Å². The van der Waals surface area contributed by atoms with Crippen LogP contribution in [0.4, 0.5) is 0 Å². The number of hydrogen-bond acceptors (Lipinski definition) is 4. The Kier molecular flexibility index (Phi) is 3.66. The van der Waals surface area contributed by atoms with E-state index in [9.17, 15) is 4.79 Å². The third-order valence-electron chi connectivity index (χ3n) is 2.45. The second-order valence-electron chi connectivity index (χ2n) is 3.88. The van der Waals surface area contributed by atoms with Crippen LogP contribution in [0.3, 0.4) is 0 Å². The summed E-state index contributed by atoms with van der Waals surface area (Å²) < 4.78 is 1.82. The average molecular weight is 263 g/mol. The molecule has 6 heteroatoms. The summed E-state index contributed by atoms with van der Waals surface area (Å²) in [7, 11) is 1.89. The Morgan fingerprint density at radius 2 is 2.28 bits per heavy atom. The van der Waals surface area contributed by atoms with Crippen LogP contribution in [0.1, 0.15) is 21.7 Å². The van der Waals surface area contributed by atoms with Crippen LogP contribution in [0.25, 0.3) is 0 Å². The Labute approximate surface area is 109 Å². The zero-order valence-corrected chi connectivity index (χ0v) is 10.9. The first-order valence-electron chi connectivity index (χ1n) is 5.38. The van der Waals surface area contributed by atoms with Crippen LogP contribution < -0.4 is 0 Å². The molecule has 2 rings (SSSR count). The molecule has 0 atom stereocenters. The van der Waals surface area contributed by atoms with Crippen molar-refractivity contribution in [1.29, 1.82) is 0 Å². The molecular weight excluding hydrogens is 250 g/mol. The minimum Gasteiger partial charge on any atom is -0.478 e. The van der Waals surface area contributed by atoms with E-state index in [2.05, 4.69) is 10.1 Å². The number of rotatable bonds is 4. The van der Waals surface area contributed by atoms with E-state index < -0.39 is 5.97 Å². The van der Waals surface area contributed by atoms with Gasteiger partial charge in [0.25, 0.3) is 0 Å². The summed E-state index contributed by atoms with van der Waals surface area (Å²) in [6, 6.07) is 5.07. The van der Waals surface area contributed by atoms with E-state index in [0.29, 0.717) is 10.8 Å². The van der Waals surface area contributed by atoms with Crippen LogP contribution in [0.2, 0.25) is 0 Å². The van der Waals surface area contributed by atoms with Gasteiger partial charge in [0.15, 0.2) is 0 Å². The van der Waals surface area contributed by atoms with Crippen molar-refractivity contribution >= 4 is 17.7 Å². The van der Waals surface area contributed by atoms with Gasteiger partial charge in [0, 0.05) is 24.7 Å². The Hall–Kier alpha value is -1.82. The Morgan fingerprint density at radius 3 is 2.89 bits per heavy atom. The quantitative estimate of drug-likeness (QED) is 0.856. The van der Waals surface area contributed by atoms with Crippen molar-refractivity contribution in [3.63, 3.8) is 0 Å². The van der Waals surface area contributed by atoms with Crippen LogP contribution >= 0.6 is 11.8 Å². The van der Waals surface area contributed by atoms with Crippen LogP contribution in [-0.4, -0.2) is 25.8 Å². The number of nitrogens with zero attached hydrogens (tertiary/aromatic N) is 3. The Morgan fingerprint density at radius 1 is 1.50 bits per heavy atom. The molecule has 0 radical (unpaired) electrons. The van der Waals surface area contributed by atoms with Crippen molar-refractivity contribution in [1.82, 2.24) is 14.8 Å². The molecule has 2 aromatic heterocycles. The Bertz CT molecular complexity index is 580. The molecule has 94 valence electrons. The molecule has 0 aromatic carbocycles. The highest BCUT2D eigenvalue weighted by Crippen LogP contribution is 2.21. The average Bonchev–Trinajstić information content (AvgIpc) is 2.65. The lowest BCUT2D eigenvalue weighted by atomic mass is 10.3. The number of hydrogen-bond donors (Lipinski definition) is 1. The molecule has 0 bridgehead atoms. The monoisotopic (exact) mass is 263 g/mol. The fourth-order valence-electron chi connectivity index (χ4n) is 1.57. The van der Waals surface area contributed by atoms with Crippen molar-refractivity contribution in [3.8, 4) is 0 Å². The van der Waals surface area contributed by atoms with Gasteiger partial charge in [-0.3, -0.25) is 4.68 Å². The normalized spacial score (nSPS) is 10.6. The number of aromatic carboxylic acids is 1. The van der Waals surface area contributed by atoms with E-state index in [0.717, 1.165) is 11.4 Å². The first-order chi connectivity index (χ1) is 8.56. The number of aryl methyl sites for hydroxylation is 2. The van der Waals surface area contributed by atoms with Gasteiger partial charge in [-0.25, -0.2) is 9.78 Å². The maximum atomic E-state index is 10.8. The molecule has 0 spiro atoms. The molecule has 1 N–H and O–H groups in total. The van der Waals surface area contributed by atoms with E-state index in [-0.39, 0.29) is 5.56 Å². The second kappa shape index (κ2) is 5.22. The minimum absolute atomic E-state index is 0.258. The lowest BCUT2D eigenvalue weighted by Gasteiger charge is -2.02. The minimum atomic E-state index is -0.935. The van der Waals surface area contributed by atoms with E-state index in [4.69, 9.17) is 5.11 Å². The summed E-state index contributed by atoms with van der Waals surface area (Å²) in [5.41, 5.74) is 2.31. The lowest BCUT2D eigenvalue weighted by molar-refractivity contribution is 0.0696. The van der Waals surface area contributed by atoms with Crippen molar-refractivity contribution < 1.29 is 9.90 Å². The van der Waals surface area contributed by atoms with Gasteiger partial charge in [0.2, 0.25) is 0 Å². The smallest absolute Gasteiger partial charge is 0.335 e. The van der Waals surface area contributed by atoms with Crippen LogP contribution in [0, 0.1) is 6.92 Å². The van der Waals surface area contributed by atoms with Gasteiger partial charge in [-0.1, -0.05) is 0 Å².